The lowest BCUT2D eigenvalue weighted by atomic mass is 10.2. The lowest BCUT2D eigenvalue weighted by Crippen LogP contribution is -2.27. The van der Waals surface area contributed by atoms with Crippen LogP contribution in [-0.2, 0) is 17.9 Å². The zero-order valence-corrected chi connectivity index (χ0v) is 11.9. The van der Waals surface area contributed by atoms with Crippen molar-refractivity contribution >= 4 is 28.4 Å². The number of rotatable bonds is 4. The molecule has 1 amide bonds. The first-order valence-corrected chi connectivity index (χ1v) is 6.87. The Hall–Kier alpha value is -2.40. The molecule has 1 N–H and O–H groups in total. The van der Waals surface area contributed by atoms with Gasteiger partial charge in [0.25, 0.3) is 0 Å². The molecule has 0 radical (unpaired) electrons. The number of benzene rings is 1. The van der Waals surface area contributed by atoms with Gasteiger partial charge in [0.05, 0.1) is 16.7 Å². The third-order valence-electron chi connectivity index (χ3n) is 3.14. The number of carbonyl (C=O) groups excluding carboxylic acids is 1. The van der Waals surface area contributed by atoms with Gasteiger partial charge >= 0.3 is 0 Å². The number of nitrogens with zero attached hydrogens (tertiary/aromatic N) is 3. The maximum atomic E-state index is 12.0. The number of fused-ring (bicyclic) bond motifs is 1. The molecule has 6 heteroatoms. The highest BCUT2D eigenvalue weighted by Gasteiger charge is 2.09. The standard InChI is InChI=1S/C15H13ClN4O/c16-13-4-1-5-14-12(13)9-19-20(14)10-15(21)18-8-11-3-2-6-17-7-11/h1-7,9H,8,10H2,(H,18,21). The lowest BCUT2D eigenvalue weighted by Gasteiger charge is -2.06. The van der Waals surface area contributed by atoms with Crippen molar-refractivity contribution in [3.8, 4) is 0 Å². The van der Waals surface area contributed by atoms with Crippen molar-refractivity contribution in [1.82, 2.24) is 20.1 Å². The SMILES string of the molecule is O=C(Cn1ncc2c(Cl)cccc21)NCc1cccnc1. The smallest absolute Gasteiger partial charge is 0.242 e. The van der Waals surface area contributed by atoms with Crippen LogP contribution in [0.5, 0.6) is 0 Å². The van der Waals surface area contributed by atoms with Crippen molar-refractivity contribution in [1.29, 1.82) is 0 Å². The average molecular weight is 301 g/mol. The molecule has 0 saturated carbocycles. The topological polar surface area (TPSA) is 59.8 Å². The van der Waals surface area contributed by atoms with Crippen LogP contribution in [0.25, 0.3) is 10.9 Å². The fraction of sp³-hybridized carbons (Fsp3) is 0.133. The number of carbonyl (C=O) groups is 1. The molecule has 1 aromatic carbocycles. The van der Waals surface area contributed by atoms with Crippen LogP contribution in [0.15, 0.2) is 48.9 Å². The predicted molar refractivity (Wildman–Crippen MR) is 80.8 cm³/mol. The van der Waals surface area contributed by atoms with Crippen molar-refractivity contribution in [2.45, 2.75) is 13.1 Å². The fourth-order valence-corrected chi connectivity index (χ4v) is 2.31. The molecule has 5 nitrogen and oxygen atoms in total. The number of nitrogens with one attached hydrogen (secondary N) is 1. The normalized spacial score (nSPS) is 10.7. The molecule has 0 saturated heterocycles. The van der Waals surface area contributed by atoms with Crippen LogP contribution in [0.1, 0.15) is 5.56 Å². The Kier molecular flexibility index (Phi) is 3.83. The van der Waals surface area contributed by atoms with Crippen molar-refractivity contribution < 1.29 is 4.79 Å². The van der Waals surface area contributed by atoms with Crippen LogP contribution < -0.4 is 5.32 Å². The Labute approximate surface area is 126 Å². The highest BCUT2D eigenvalue weighted by Crippen LogP contribution is 2.22. The summed E-state index contributed by atoms with van der Waals surface area (Å²) in [5.41, 5.74) is 1.80. The molecule has 0 fully saturated rings. The second-order valence-electron chi connectivity index (χ2n) is 4.61. The molecule has 106 valence electrons. The second-order valence-corrected chi connectivity index (χ2v) is 5.02. The highest BCUT2D eigenvalue weighted by atomic mass is 35.5. The van der Waals surface area contributed by atoms with Crippen LogP contribution in [0, 0.1) is 0 Å². The monoisotopic (exact) mass is 300 g/mol. The van der Waals surface area contributed by atoms with Crippen molar-refractivity contribution in [3.05, 3.63) is 59.5 Å². The summed E-state index contributed by atoms with van der Waals surface area (Å²) >= 11 is 6.09. The van der Waals surface area contributed by atoms with Gasteiger partial charge in [-0.1, -0.05) is 23.7 Å². The van der Waals surface area contributed by atoms with Crippen molar-refractivity contribution in [2.75, 3.05) is 0 Å². The number of hydrogen-bond acceptors (Lipinski definition) is 3. The van der Waals surface area contributed by atoms with E-state index in [2.05, 4.69) is 15.4 Å². The molecule has 0 aliphatic heterocycles. The van der Waals surface area contributed by atoms with E-state index in [1.165, 1.54) is 0 Å². The first-order valence-electron chi connectivity index (χ1n) is 6.49. The molecule has 0 bridgehead atoms. The third kappa shape index (κ3) is 3.03. The maximum absolute atomic E-state index is 12.0. The van der Waals surface area contributed by atoms with Crippen LogP contribution in [-0.4, -0.2) is 20.7 Å². The summed E-state index contributed by atoms with van der Waals surface area (Å²) < 4.78 is 1.64. The van der Waals surface area contributed by atoms with Gasteiger partial charge in [-0.2, -0.15) is 5.10 Å². The van der Waals surface area contributed by atoms with E-state index in [4.69, 9.17) is 11.6 Å². The van der Waals surface area contributed by atoms with Gasteiger partial charge in [0.1, 0.15) is 6.54 Å². The van der Waals surface area contributed by atoms with Crippen LogP contribution in [0.2, 0.25) is 5.02 Å². The summed E-state index contributed by atoms with van der Waals surface area (Å²) in [5.74, 6) is -0.108. The van der Waals surface area contributed by atoms with Crippen LogP contribution >= 0.6 is 11.6 Å². The summed E-state index contributed by atoms with van der Waals surface area (Å²) in [6.45, 7) is 0.608. The Morgan fingerprint density at radius 1 is 1.24 bits per heavy atom. The Morgan fingerprint density at radius 2 is 2.14 bits per heavy atom. The zero-order chi connectivity index (χ0) is 14.7. The average Bonchev–Trinajstić information content (AvgIpc) is 2.91. The molecule has 0 unspecified atom stereocenters. The van der Waals surface area contributed by atoms with E-state index >= 15 is 0 Å². The molecular formula is C15H13ClN4O. The van der Waals surface area contributed by atoms with Gasteiger partial charge in [-0.3, -0.25) is 14.5 Å². The summed E-state index contributed by atoms with van der Waals surface area (Å²) in [4.78, 5) is 16.0. The predicted octanol–water partition coefficient (Wildman–Crippen LogP) is 2.40. The minimum absolute atomic E-state index is 0.108. The molecule has 0 spiro atoms. The van der Waals surface area contributed by atoms with Crippen molar-refractivity contribution in [2.24, 2.45) is 0 Å². The fourth-order valence-electron chi connectivity index (χ4n) is 2.09. The van der Waals surface area contributed by atoms with Gasteiger partial charge in [0, 0.05) is 24.3 Å². The van der Waals surface area contributed by atoms with E-state index in [1.54, 1.807) is 29.3 Å². The Morgan fingerprint density at radius 3 is 2.95 bits per heavy atom. The van der Waals surface area contributed by atoms with Crippen molar-refractivity contribution in [3.63, 3.8) is 0 Å². The van der Waals surface area contributed by atoms with E-state index in [1.807, 2.05) is 24.3 Å². The highest BCUT2D eigenvalue weighted by molar-refractivity contribution is 6.35. The molecule has 3 aromatic rings. The van der Waals surface area contributed by atoms with Gasteiger partial charge in [0.15, 0.2) is 0 Å². The first kappa shape index (κ1) is 13.6. The molecule has 3 rings (SSSR count). The van der Waals surface area contributed by atoms with E-state index < -0.39 is 0 Å². The zero-order valence-electron chi connectivity index (χ0n) is 11.2. The van der Waals surface area contributed by atoms with Crippen LogP contribution in [0.3, 0.4) is 0 Å². The molecular weight excluding hydrogens is 288 g/mol. The van der Waals surface area contributed by atoms with Gasteiger partial charge in [-0.25, -0.2) is 0 Å². The van der Waals surface area contributed by atoms with E-state index in [0.29, 0.717) is 11.6 Å². The molecule has 2 aromatic heterocycles. The van der Waals surface area contributed by atoms with E-state index in [9.17, 15) is 4.79 Å². The lowest BCUT2D eigenvalue weighted by molar-refractivity contribution is -0.121. The van der Waals surface area contributed by atoms with Crippen LogP contribution in [0.4, 0.5) is 0 Å². The molecule has 0 aliphatic carbocycles. The maximum Gasteiger partial charge on any atom is 0.242 e. The Balaban J connectivity index is 1.68. The number of aromatic nitrogens is 3. The quantitative estimate of drug-likeness (QED) is 0.805. The molecule has 2 heterocycles. The number of halogens is 1. The summed E-state index contributed by atoms with van der Waals surface area (Å²) in [5, 5.41) is 8.53. The summed E-state index contributed by atoms with van der Waals surface area (Å²) in [6, 6.07) is 9.29. The second kappa shape index (κ2) is 5.93. The third-order valence-corrected chi connectivity index (χ3v) is 3.47. The van der Waals surface area contributed by atoms with Gasteiger partial charge < -0.3 is 5.32 Å². The molecule has 0 atom stereocenters. The van der Waals surface area contributed by atoms with E-state index in [-0.39, 0.29) is 12.5 Å². The molecule has 0 aliphatic rings. The molecule has 21 heavy (non-hydrogen) atoms. The largest absolute Gasteiger partial charge is 0.350 e. The number of pyridine rings is 1. The number of hydrogen-bond donors (Lipinski definition) is 1. The minimum atomic E-state index is -0.108. The summed E-state index contributed by atoms with van der Waals surface area (Å²) in [7, 11) is 0. The first-order chi connectivity index (χ1) is 10.2. The van der Waals surface area contributed by atoms with E-state index in [0.717, 1.165) is 16.5 Å². The van der Waals surface area contributed by atoms with Gasteiger partial charge in [-0.05, 0) is 23.8 Å². The minimum Gasteiger partial charge on any atom is -0.350 e. The Bertz CT molecular complexity index is 770. The number of amides is 1. The van der Waals surface area contributed by atoms with Gasteiger partial charge in [0.2, 0.25) is 5.91 Å². The summed E-state index contributed by atoms with van der Waals surface area (Å²) in [6.07, 6.45) is 5.10. The van der Waals surface area contributed by atoms with Gasteiger partial charge in [-0.15, -0.1) is 0 Å².